The highest BCUT2D eigenvalue weighted by molar-refractivity contribution is 7.91. The van der Waals surface area contributed by atoms with Crippen LogP contribution in [-0.2, 0) is 21.1 Å². The Morgan fingerprint density at radius 2 is 1.96 bits per heavy atom. The predicted octanol–water partition coefficient (Wildman–Crippen LogP) is 3.57. The van der Waals surface area contributed by atoms with Gasteiger partial charge in [0.05, 0.1) is 16.7 Å². The maximum Gasteiger partial charge on any atom is 0.223 e. The first kappa shape index (κ1) is 18.0. The monoisotopic (exact) mass is 377 g/mol. The average molecular weight is 378 g/mol. The van der Waals surface area contributed by atoms with E-state index in [0.29, 0.717) is 23.4 Å². The van der Waals surface area contributed by atoms with Crippen LogP contribution < -0.4 is 0 Å². The molecule has 1 atom stereocenters. The summed E-state index contributed by atoms with van der Waals surface area (Å²) in [6.07, 6.45) is 0.978. The van der Waals surface area contributed by atoms with Crippen LogP contribution in [-0.4, -0.2) is 32.0 Å². The molecule has 0 bridgehead atoms. The van der Waals surface area contributed by atoms with Crippen molar-refractivity contribution >= 4 is 27.3 Å². The van der Waals surface area contributed by atoms with Gasteiger partial charge in [-0.3, -0.25) is 4.79 Å². The lowest BCUT2D eigenvalue weighted by molar-refractivity contribution is -0.131. The summed E-state index contributed by atoms with van der Waals surface area (Å²) < 4.78 is 24.7. The zero-order chi connectivity index (χ0) is 18.2. The molecule has 3 rings (SSSR count). The molecule has 0 saturated heterocycles. The molecule has 0 aromatic heterocycles. The smallest absolute Gasteiger partial charge is 0.223 e. The van der Waals surface area contributed by atoms with Crippen molar-refractivity contribution in [1.82, 2.24) is 4.90 Å². The molecular formula is C19H20ClNO3S. The normalized spacial score (nSPS) is 18.0. The number of halogens is 1. The van der Waals surface area contributed by atoms with E-state index in [1.807, 2.05) is 31.2 Å². The Hall–Kier alpha value is -1.85. The second kappa shape index (κ2) is 6.81. The van der Waals surface area contributed by atoms with Crippen molar-refractivity contribution in [2.75, 3.05) is 12.8 Å². The molecule has 2 aromatic rings. The van der Waals surface area contributed by atoms with E-state index in [0.717, 1.165) is 11.1 Å². The van der Waals surface area contributed by atoms with Gasteiger partial charge < -0.3 is 4.90 Å². The van der Waals surface area contributed by atoms with Gasteiger partial charge in [0.15, 0.2) is 9.84 Å². The molecule has 0 fully saturated rings. The number of hydrogen-bond acceptors (Lipinski definition) is 3. The van der Waals surface area contributed by atoms with Gasteiger partial charge in [-0.2, -0.15) is 0 Å². The zero-order valence-electron chi connectivity index (χ0n) is 14.2. The number of carbonyl (C=O) groups excluding carboxylic acids is 1. The SMILES string of the molecule is Cc1ccccc1CCC(=O)N(C)[C@@H]1CS(=O)(=O)c2ccc(Cl)cc21. The summed E-state index contributed by atoms with van der Waals surface area (Å²) in [6.45, 7) is 2.02. The van der Waals surface area contributed by atoms with E-state index in [2.05, 4.69) is 0 Å². The Morgan fingerprint density at radius 1 is 1.24 bits per heavy atom. The number of carbonyl (C=O) groups is 1. The third-order valence-electron chi connectivity index (χ3n) is 4.77. The molecule has 2 aromatic carbocycles. The summed E-state index contributed by atoms with van der Waals surface area (Å²) in [4.78, 5) is 14.4. The van der Waals surface area contributed by atoms with E-state index in [1.165, 1.54) is 11.0 Å². The van der Waals surface area contributed by atoms with Crippen molar-refractivity contribution in [3.8, 4) is 0 Å². The number of nitrogens with zero attached hydrogens (tertiary/aromatic N) is 1. The predicted molar refractivity (Wildman–Crippen MR) is 98.5 cm³/mol. The van der Waals surface area contributed by atoms with Gasteiger partial charge in [0.2, 0.25) is 5.91 Å². The molecule has 4 nitrogen and oxygen atoms in total. The molecule has 0 saturated carbocycles. The minimum atomic E-state index is -3.38. The van der Waals surface area contributed by atoms with Crippen LogP contribution >= 0.6 is 11.6 Å². The minimum absolute atomic E-state index is 0.0729. The minimum Gasteiger partial charge on any atom is -0.338 e. The van der Waals surface area contributed by atoms with Crippen molar-refractivity contribution in [2.24, 2.45) is 0 Å². The summed E-state index contributed by atoms with van der Waals surface area (Å²) in [7, 11) is -1.71. The van der Waals surface area contributed by atoms with Crippen LogP contribution in [0.25, 0.3) is 0 Å². The first-order chi connectivity index (χ1) is 11.8. The standard InChI is InChI=1S/C19H20ClNO3S/c1-13-5-3-4-6-14(13)7-10-19(22)21(2)17-12-25(23,24)18-9-8-15(20)11-16(17)18/h3-6,8-9,11,17H,7,10,12H2,1-2H3/t17-/m1/s1. The molecule has 1 heterocycles. The van der Waals surface area contributed by atoms with Gasteiger partial charge in [0.25, 0.3) is 0 Å². The van der Waals surface area contributed by atoms with Gasteiger partial charge in [0, 0.05) is 18.5 Å². The summed E-state index contributed by atoms with van der Waals surface area (Å²) in [5.41, 5.74) is 2.89. The fraction of sp³-hybridized carbons (Fsp3) is 0.316. The molecule has 25 heavy (non-hydrogen) atoms. The van der Waals surface area contributed by atoms with Crippen LogP contribution in [0.15, 0.2) is 47.4 Å². The van der Waals surface area contributed by atoms with Crippen LogP contribution in [0.5, 0.6) is 0 Å². The quantitative estimate of drug-likeness (QED) is 0.818. The van der Waals surface area contributed by atoms with E-state index >= 15 is 0 Å². The highest BCUT2D eigenvalue weighted by atomic mass is 35.5. The maximum atomic E-state index is 12.6. The molecule has 132 valence electrons. The second-order valence-electron chi connectivity index (χ2n) is 6.41. The first-order valence-electron chi connectivity index (χ1n) is 8.12. The van der Waals surface area contributed by atoms with E-state index in [9.17, 15) is 13.2 Å². The Balaban J connectivity index is 1.78. The van der Waals surface area contributed by atoms with Crippen LogP contribution in [0.3, 0.4) is 0 Å². The topological polar surface area (TPSA) is 54.5 Å². The highest BCUT2D eigenvalue weighted by Gasteiger charge is 2.38. The molecule has 0 unspecified atom stereocenters. The molecule has 6 heteroatoms. The lowest BCUT2D eigenvalue weighted by atomic mass is 10.0. The van der Waals surface area contributed by atoms with Gasteiger partial charge in [0.1, 0.15) is 0 Å². The van der Waals surface area contributed by atoms with Gasteiger partial charge in [-0.1, -0.05) is 35.9 Å². The van der Waals surface area contributed by atoms with E-state index in [-0.39, 0.29) is 16.6 Å². The Bertz CT molecular complexity index is 924. The van der Waals surface area contributed by atoms with Crippen molar-refractivity contribution in [3.63, 3.8) is 0 Å². The van der Waals surface area contributed by atoms with Crippen LogP contribution in [0.1, 0.15) is 29.2 Å². The van der Waals surface area contributed by atoms with E-state index < -0.39 is 15.9 Å². The molecular weight excluding hydrogens is 358 g/mol. The molecule has 0 N–H and O–H groups in total. The number of hydrogen-bond donors (Lipinski definition) is 0. The Labute approximate surface area is 153 Å². The van der Waals surface area contributed by atoms with Crippen molar-refractivity contribution in [3.05, 3.63) is 64.2 Å². The van der Waals surface area contributed by atoms with Gasteiger partial charge in [-0.05, 0) is 48.2 Å². The largest absolute Gasteiger partial charge is 0.338 e. The molecule has 1 amide bonds. The summed E-state index contributed by atoms with van der Waals surface area (Å²) >= 11 is 6.03. The molecule has 0 radical (unpaired) electrons. The van der Waals surface area contributed by atoms with Gasteiger partial charge in [-0.15, -0.1) is 0 Å². The van der Waals surface area contributed by atoms with Crippen LogP contribution in [0, 0.1) is 6.92 Å². The third-order valence-corrected chi connectivity index (χ3v) is 6.81. The summed E-state index contributed by atoms with van der Waals surface area (Å²) in [6, 6.07) is 12.2. The number of aryl methyl sites for hydroxylation is 2. The Kier molecular flexibility index (Phi) is 4.89. The lowest BCUT2D eigenvalue weighted by Gasteiger charge is -2.24. The molecule has 0 spiro atoms. The van der Waals surface area contributed by atoms with E-state index in [1.54, 1.807) is 19.2 Å². The number of benzene rings is 2. The fourth-order valence-corrected chi connectivity index (χ4v) is 5.26. The zero-order valence-corrected chi connectivity index (χ0v) is 15.8. The highest BCUT2D eigenvalue weighted by Crippen LogP contribution is 2.38. The van der Waals surface area contributed by atoms with Crippen molar-refractivity contribution in [2.45, 2.75) is 30.7 Å². The molecule has 1 aliphatic rings. The lowest BCUT2D eigenvalue weighted by Crippen LogP contribution is -2.32. The second-order valence-corrected chi connectivity index (χ2v) is 8.85. The van der Waals surface area contributed by atoms with Gasteiger partial charge in [-0.25, -0.2) is 8.42 Å². The van der Waals surface area contributed by atoms with Crippen LogP contribution in [0.4, 0.5) is 0 Å². The fourth-order valence-electron chi connectivity index (χ4n) is 3.25. The van der Waals surface area contributed by atoms with Gasteiger partial charge >= 0.3 is 0 Å². The molecule has 1 aliphatic heterocycles. The number of rotatable bonds is 4. The van der Waals surface area contributed by atoms with Crippen molar-refractivity contribution in [1.29, 1.82) is 0 Å². The van der Waals surface area contributed by atoms with Crippen molar-refractivity contribution < 1.29 is 13.2 Å². The number of sulfone groups is 1. The van der Waals surface area contributed by atoms with Crippen LogP contribution in [0.2, 0.25) is 5.02 Å². The maximum absolute atomic E-state index is 12.6. The number of fused-ring (bicyclic) bond motifs is 1. The average Bonchev–Trinajstić information content (AvgIpc) is 2.83. The molecule has 0 aliphatic carbocycles. The summed E-state index contributed by atoms with van der Waals surface area (Å²) in [5, 5.41) is 0.474. The third kappa shape index (κ3) is 3.58. The Morgan fingerprint density at radius 3 is 2.68 bits per heavy atom. The summed E-state index contributed by atoms with van der Waals surface area (Å²) in [5.74, 6) is -0.161. The van der Waals surface area contributed by atoms with E-state index in [4.69, 9.17) is 11.6 Å². The number of amides is 1. The first-order valence-corrected chi connectivity index (χ1v) is 10.1.